The van der Waals surface area contributed by atoms with Gasteiger partial charge in [0, 0.05) is 28.6 Å². The van der Waals surface area contributed by atoms with Gasteiger partial charge < -0.3 is 15.2 Å². The number of rotatable bonds is 6. The Hall–Kier alpha value is -4.45. The predicted molar refractivity (Wildman–Crippen MR) is 125 cm³/mol. The Labute approximate surface area is 184 Å². The molecule has 0 aliphatic heterocycles. The van der Waals surface area contributed by atoms with Gasteiger partial charge in [0.25, 0.3) is 0 Å². The first-order chi connectivity index (χ1) is 15.7. The zero-order valence-electron chi connectivity index (χ0n) is 17.0. The minimum absolute atomic E-state index is 0.186. The Balaban J connectivity index is 1.56. The molecule has 2 N–H and O–H groups in total. The third-order valence-electron chi connectivity index (χ3n) is 5.22. The summed E-state index contributed by atoms with van der Waals surface area (Å²) in [5, 5.41) is 15.4. The average molecular weight is 421 g/mol. The number of anilines is 2. The number of aromatic carboxylic acids is 1. The largest absolute Gasteiger partial charge is 0.487 e. The highest BCUT2D eigenvalue weighted by molar-refractivity contribution is 6.11. The fourth-order valence-corrected chi connectivity index (χ4v) is 3.64. The van der Waals surface area contributed by atoms with Crippen molar-refractivity contribution in [2.45, 2.75) is 6.61 Å². The number of hydrogen-bond donors (Lipinski definition) is 2. The van der Waals surface area contributed by atoms with Gasteiger partial charge >= 0.3 is 5.97 Å². The molecule has 32 heavy (non-hydrogen) atoms. The van der Waals surface area contributed by atoms with Crippen molar-refractivity contribution in [3.63, 3.8) is 0 Å². The van der Waals surface area contributed by atoms with Crippen LogP contribution in [-0.2, 0) is 6.61 Å². The number of carboxylic acid groups (broad SMARTS) is 1. The smallest absolute Gasteiger partial charge is 0.335 e. The number of carboxylic acids is 1. The number of aromatic nitrogens is 2. The quantitative estimate of drug-likeness (QED) is 0.337. The Morgan fingerprint density at radius 1 is 0.906 bits per heavy atom. The molecule has 2 heterocycles. The van der Waals surface area contributed by atoms with E-state index in [0.29, 0.717) is 23.7 Å². The maximum absolute atomic E-state index is 11.4. The molecule has 0 aliphatic carbocycles. The first kappa shape index (κ1) is 19.5. The molecule has 6 nitrogen and oxygen atoms in total. The summed E-state index contributed by atoms with van der Waals surface area (Å²) in [6, 6.07) is 24.5. The van der Waals surface area contributed by atoms with Crippen LogP contribution in [-0.4, -0.2) is 21.0 Å². The molecule has 2 aromatic heterocycles. The Morgan fingerprint density at radius 2 is 1.72 bits per heavy atom. The standard InChI is InChI=1S/C26H19N3O3/c30-26(31)18-10-11-19-21-15-27-13-12-20(21)25(29-23(19)14-18)28-22-8-4-5-9-24(22)32-16-17-6-2-1-3-7-17/h1-15H,16H2,(H,28,29)(H,30,31). The van der Waals surface area contributed by atoms with Crippen molar-refractivity contribution in [3.8, 4) is 5.75 Å². The van der Waals surface area contributed by atoms with Crippen molar-refractivity contribution in [1.82, 2.24) is 9.97 Å². The molecule has 5 rings (SSSR count). The molecule has 0 saturated heterocycles. The van der Waals surface area contributed by atoms with Crippen molar-refractivity contribution in [2.75, 3.05) is 5.32 Å². The summed E-state index contributed by atoms with van der Waals surface area (Å²) < 4.78 is 6.07. The predicted octanol–water partition coefficient (Wildman–Crippen LogP) is 5.80. The van der Waals surface area contributed by atoms with Gasteiger partial charge in [-0.25, -0.2) is 9.78 Å². The number of para-hydroxylation sites is 2. The van der Waals surface area contributed by atoms with E-state index in [1.807, 2.05) is 60.7 Å². The molecule has 0 amide bonds. The van der Waals surface area contributed by atoms with Crippen molar-refractivity contribution in [3.05, 3.63) is 102 Å². The van der Waals surface area contributed by atoms with E-state index in [9.17, 15) is 9.90 Å². The van der Waals surface area contributed by atoms with Gasteiger partial charge in [0.15, 0.2) is 0 Å². The molecule has 0 bridgehead atoms. The van der Waals surface area contributed by atoms with Gasteiger partial charge in [-0.2, -0.15) is 0 Å². The van der Waals surface area contributed by atoms with E-state index < -0.39 is 5.97 Å². The molecule has 0 radical (unpaired) electrons. The van der Waals surface area contributed by atoms with E-state index in [2.05, 4.69) is 10.3 Å². The third-order valence-corrected chi connectivity index (χ3v) is 5.22. The maximum atomic E-state index is 11.4. The number of pyridine rings is 2. The Kier molecular flexibility index (Phi) is 5.09. The van der Waals surface area contributed by atoms with Gasteiger partial charge in [0.1, 0.15) is 18.2 Å². The summed E-state index contributed by atoms with van der Waals surface area (Å²) >= 11 is 0. The van der Waals surface area contributed by atoms with E-state index in [1.54, 1.807) is 30.6 Å². The lowest BCUT2D eigenvalue weighted by Gasteiger charge is -2.15. The number of ether oxygens (including phenoxy) is 1. The highest BCUT2D eigenvalue weighted by Gasteiger charge is 2.13. The van der Waals surface area contributed by atoms with Crippen molar-refractivity contribution in [1.29, 1.82) is 0 Å². The topological polar surface area (TPSA) is 84.3 Å². The van der Waals surface area contributed by atoms with E-state index in [4.69, 9.17) is 9.72 Å². The summed E-state index contributed by atoms with van der Waals surface area (Å²) in [5.74, 6) is 0.307. The molecule has 156 valence electrons. The van der Waals surface area contributed by atoms with E-state index in [0.717, 1.165) is 27.4 Å². The van der Waals surface area contributed by atoms with Gasteiger partial charge in [-0.1, -0.05) is 48.5 Å². The maximum Gasteiger partial charge on any atom is 0.335 e. The normalized spacial score (nSPS) is 10.9. The summed E-state index contributed by atoms with van der Waals surface area (Å²) in [7, 11) is 0. The van der Waals surface area contributed by atoms with Crippen LogP contribution in [0.2, 0.25) is 0 Å². The second-order valence-electron chi connectivity index (χ2n) is 7.31. The number of nitrogens with one attached hydrogen (secondary N) is 1. The first-order valence-corrected chi connectivity index (χ1v) is 10.1. The first-order valence-electron chi connectivity index (χ1n) is 10.1. The number of nitrogens with zero attached hydrogens (tertiary/aromatic N) is 2. The molecular formula is C26H19N3O3. The third kappa shape index (κ3) is 3.81. The lowest BCUT2D eigenvalue weighted by Crippen LogP contribution is -2.02. The molecule has 0 saturated carbocycles. The molecular weight excluding hydrogens is 402 g/mol. The minimum Gasteiger partial charge on any atom is -0.487 e. The van der Waals surface area contributed by atoms with Gasteiger partial charge in [-0.05, 0) is 35.9 Å². The van der Waals surface area contributed by atoms with Crippen molar-refractivity contribution < 1.29 is 14.6 Å². The Morgan fingerprint density at radius 3 is 2.56 bits per heavy atom. The van der Waals surface area contributed by atoms with Crippen LogP contribution < -0.4 is 10.1 Å². The van der Waals surface area contributed by atoms with Crippen LogP contribution in [0.5, 0.6) is 5.75 Å². The molecule has 5 aromatic rings. The second-order valence-corrected chi connectivity index (χ2v) is 7.31. The van der Waals surface area contributed by atoms with Gasteiger partial charge in [0.2, 0.25) is 0 Å². The SMILES string of the molecule is O=C(O)c1ccc2c(c1)nc(Nc1ccccc1OCc1ccccc1)c1ccncc12. The lowest BCUT2D eigenvalue weighted by molar-refractivity contribution is 0.0697. The van der Waals surface area contributed by atoms with Crippen LogP contribution in [0.25, 0.3) is 21.7 Å². The monoisotopic (exact) mass is 421 g/mol. The van der Waals surface area contributed by atoms with Crippen LogP contribution in [0, 0.1) is 0 Å². The second kappa shape index (κ2) is 8.35. The molecule has 3 aromatic carbocycles. The zero-order valence-corrected chi connectivity index (χ0v) is 17.0. The van der Waals surface area contributed by atoms with Crippen LogP contribution >= 0.6 is 0 Å². The fraction of sp³-hybridized carbons (Fsp3) is 0.0385. The Bertz CT molecular complexity index is 1430. The number of benzene rings is 3. The van der Waals surface area contributed by atoms with E-state index in [1.165, 1.54) is 0 Å². The van der Waals surface area contributed by atoms with Gasteiger partial charge in [-0.3, -0.25) is 4.98 Å². The average Bonchev–Trinajstić information content (AvgIpc) is 2.84. The highest BCUT2D eigenvalue weighted by atomic mass is 16.5. The van der Waals surface area contributed by atoms with Crippen molar-refractivity contribution in [2.24, 2.45) is 0 Å². The summed E-state index contributed by atoms with van der Waals surface area (Å²) in [6.07, 6.45) is 3.48. The number of carbonyl (C=O) groups is 1. The minimum atomic E-state index is -0.992. The van der Waals surface area contributed by atoms with Crippen LogP contribution in [0.3, 0.4) is 0 Å². The highest BCUT2D eigenvalue weighted by Crippen LogP contribution is 2.34. The van der Waals surface area contributed by atoms with E-state index in [-0.39, 0.29) is 5.56 Å². The number of hydrogen-bond acceptors (Lipinski definition) is 5. The van der Waals surface area contributed by atoms with Crippen LogP contribution in [0.1, 0.15) is 15.9 Å². The molecule has 0 spiro atoms. The summed E-state index contributed by atoms with van der Waals surface area (Å²) in [5.41, 5.74) is 2.60. The molecule has 0 aliphatic rings. The zero-order chi connectivity index (χ0) is 21.9. The molecule has 0 atom stereocenters. The molecule has 0 fully saturated rings. The summed E-state index contributed by atoms with van der Waals surface area (Å²) in [4.78, 5) is 20.4. The van der Waals surface area contributed by atoms with E-state index >= 15 is 0 Å². The van der Waals surface area contributed by atoms with Gasteiger partial charge in [-0.15, -0.1) is 0 Å². The van der Waals surface area contributed by atoms with Crippen molar-refractivity contribution >= 4 is 39.1 Å². The van der Waals surface area contributed by atoms with Crippen LogP contribution in [0.4, 0.5) is 11.5 Å². The summed E-state index contributed by atoms with van der Waals surface area (Å²) in [6.45, 7) is 0.442. The molecule has 0 unspecified atom stereocenters. The lowest BCUT2D eigenvalue weighted by atomic mass is 10.1. The van der Waals surface area contributed by atoms with Crippen LogP contribution in [0.15, 0.2) is 91.3 Å². The fourth-order valence-electron chi connectivity index (χ4n) is 3.64. The van der Waals surface area contributed by atoms with Gasteiger partial charge in [0.05, 0.1) is 16.8 Å². The molecule has 6 heteroatoms. The number of fused-ring (bicyclic) bond motifs is 3.